The van der Waals surface area contributed by atoms with Crippen molar-refractivity contribution in [3.8, 4) is 5.75 Å². The van der Waals surface area contributed by atoms with Gasteiger partial charge in [-0.3, -0.25) is 9.69 Å². The monoisotopic (exact) mass is 549 g/mol. The number of fused-ring (bicyclic) bond motifs is 1. The maximum absolute atomic E-state index is 12.3. The van der Waals surface area contributed by atoms with Gasteiger partial charge in [-0.2, -0.15) is 0 Å². The number of carboxylic acid groups (broad SMARTS) is 1. The van der Waals surface area contributed by atoms with Gasteiger partial charge in [0.2, 0.25) is 0 Å². The Bertz CT molecular complexity index is 1400. The number of rotatable bonds is 10. The van der Waals surface area contributed by atoms with Crippen LogP contribution in [0.25, 0.3) is 10.9 Å². The van der Waals surface area contributed by atoms with Crippen LogP contribution in [0.2, 0.25) is 0 Å². The lowest BCUT2D eigenvalue weighted by atomic mass is 9.84. The molecule has 208 valence electrons. The van der Waals surface area contributed by atoms with Crippen molar-refractivity contribution >= 4 is 40.4 Å². The highest BCUT2D eigenvalue weighted by molar-refractivity contribution is 8.00. The van der Waals surface area contributed by atoms with Crippen LogP contribution in [0.3, 0.4) is 0 Å². The number of aromatic nitrogens is 1. The highest BCUT2D eigenvalue weighted by Crippen LogP contribution is 2.40. The van der Waals surface area contributed by atoms with Gasteiger partial charge >= 0.3 is 12.0 Å². The van der Waals surface area contributed by atoms with Crippen molar-refractivity contribution in [1.29, 1.82) is 0 Å². The Morgan fingerprint density at radius 3 is 2.51 bits per heavy atom. The molecule has 7 nitrogen and oxygen atoms in total. The number of carbonyl (C=O) groups is 2. The first-order valence-electron chi connectivity index (χ1n) is 13.7. The molecule has 2 N–H and O–H groups in total. The van der Waals surface area contributed by atoms with Crippen LogP contribution >= 0.6 is 11.8 Å². The van der Waals surface area contributed by atoms with Crippen LogP contribution in [-0.2, 0) is 17.8 Å². The first-order valence-corrected chi connectivity index (χ1v) is 14.6. The SMILES string of the molecule is CC(C)(C)Sc1cn(Cc2ccc(N3CCNC3=O)cc2CC(C)(C)C(=O)O)c2ccc(OCC3CC3)cc12. The van der Waals surface area contributed by atoms with Crippen LogP contribution in [0.1, 0.15) is 58.6 Å². The van der Waals surface area contributed by atoms with Gasteiger partial charge in [0.15, 0.2) is 0 Å². The fraction of sp³-hybridized carbons (Fsp3) is 0.484. The van der Waals surface area contributed by atoms with Gasteiger partial charge in [-0.05, 0) is 80.5 Å². The van der Waals surface area contributed by atoms with Gasteiger partial charge in [0, 0.05) is 52.1 Å². The standard InChI is InChI=1S/C31H39N3O4S/c1-30(2,3)39-27-18-33(26-11-10-24(15-25(26)27)38-19-20-6-7-20)17-21-8-9-23(34-13-12-32-29(34)37)14-22(21)16-31(4,5)28(35)36/h8-11,14-15,18,20H,6-7,12-13,16-17,19H2,1-5H3,(H,32,37)(H,35,36). The third-order valence-corrected chi connectivity index (χ3v) is 8.48. The number of nitrogens with zero attached hydrogens (tertiary/aromatic N) is 2. The minimum atomic E-state index is -0.944. The van der Waals surface area contributed by atoms with E-state index in [9.17, 15) is 14.7 Å². The summed E-state index contributed by atoms with van der Waals surface area (Å²) in [6, 6.07) is 12.2. The summed E-state index contributed by atoms with van der Waals surface area (Å²) in [5, 5.41) is 13.9. The lowest BCUT2D eigenvalue weighted by Crippen LogP contribution is -2.29. The molecule has 0 atom stereocenters. The minimum absolute atomic E-state index is 0.0403. The number of carboxylic acids is 1. The van der Waals surface area contributed by atoms with E-state index in [2.05, 4.69) is 55.1 Å². The third-order valence-electron chi connectivity index (χ3n) is 7.33. The van der Waals surface area contributed by atoms with Crippen LogP contribution in [0.15, 0.2) is 47.5 Å². The molecule has 0 unspecified atom stereocenters. The maximum atomic E-state index is 12.3. The van der Waals surface area contributed by atoms with E-state index in [1.807, 2.05) is 30.0 Å². The average molecular weight is 550 g/mol. The lowest BCUT2D eigenvalue weighted by molar-refractivity contribution is -0.146. The maximum Gasteiger partial charge on any atom is 0.321 e. The van der Waals surface area contributed by atoms with E-state index in [4.69, 9.17) is 4.74 Å². The molecule has 2 aliphatic rings. The Balaban J connectivity index is 1.52. The number of hydrogen-bond acceptors (Lipinski definition) is 4. The summed E-state index contributed by atoms with van der Waals surface area (Å²) >= 11 is 1.84. The Hall–Kier alpha value is -3.13. The van der Waals surface area contributed by atoms with E-state index in [1.54, 1.807) is 18.7 Å². The summed E-state index contributed by atoms with van der Waals surface area (Å²) in [4.78, 5) is 27.3. The van der Waals surface area contributed by atoms with Crippen LogP contribution in [0.5, 0.6) is 5.75 Å². The van der Waals surface area contributed by atoms with Gasteiger partial charge in [-0.25, -0.2) is 4.79 Å². The molecule has 3 aromatic rings. The second-order valence-corrected chi connectivity index (χ2v) is 14.3. The zero-order chi connectivity index (χ0) is 27.9. The topological polar surface area (TPSA) is 83.8 Å². The predicted octanol–water partition coefficient (Wildman–Crippen LogP) is 6.55. The Labute approximate surface area is 234 Å². The highest BCUT2D eigenvalue weighted by atomic mass is 32.2. The van der Waals surface area contributed by atoms with Gasteiger partial charge in [-0.1, -0.05) is 26.8 Å². The van der Waals surface area contributed by atoms with Crippen molar-refractivity contribution in [2.45, 2.75) is 70.1 Å². The number of carbonyl (C=O) groups excluding carboxylic acids is 1. The van der Waals surface area contributed by atoms with Crippen LogP contribution in [-0.4, -0.2) is 46.1 Å². The largest absolute Gasteiger partial charge is 0.493 e. The summed E-state index contributed by atoms with van der Waals surface area (Å²) in [6.45, 7) is 12.7. The zero-order valence-corrected chi connectivity index (χ0v) is 24.4. The first-order chi connectivity index (χ1) is 18.4. The second kappa shape index (κ2) is 10.5. The molecule has 2 fully saturated rings. The summed E-state index contributed by atoms with van der Waals surface area (Å²) < 4.78 is 8.40. The van der Waals surface area contributed by atoms with Crippen LogP contribution in [0.4, 0.5) is 10.5 Å². The molecule has 0 bridgehead atoms. The number of amides is 2. The number of thioether (sulfide) groups is 1. The summed E-state index contributed by atoms with van der Waals surface area (Å²) in [6.07, 6.45) is 5.08. The summed E-state index contributed by atoms with van der Waals surface area (Å²) in [5.41, 5.74) is 2.96. The quantitative estimate of drug-likeness (QED) is 0.280. The number of urea groups is 1. The van der Waals surface area contributed by atoms with Gasteiger partial charge in [0.25, 0.3) is 0 Å². The summed E-state index contributed by atoms with van der Waals surface area (Å²) in [7, 11) is 0. The second-order valence-electron chi connectivity index (χ2n) is 12.5. The summed E-state index contributed by atoms with van der Waals surface area (Å²) in [5.74, 6) is 0.753. The Kier molecular flexibility index (Phi) is 7.35. The van der Waals surface area contributed by atoms with Gasteiger partial charge in [0.1, 0.15) is 5.75 Å². The highest BCUT2D eigenvalue weighted by Gasteiger charge is 2.30. The van der Waals surface area contributed by atoms with Crippen LogP contribution < -0.4 is 15.0 Å². The number of anilines is 1. The predicted molar refractivity (Wildman–Crippen MR) is 157 cm³/mol. The van der Waals surface area contributed by atoms with E-state index in [-0.39, 0.29) is 10.8 Å². The van der Waals surface area contributed by atoms with E-state index in [1.165, 1.54) is 23.1 Å². The molecule has 0 radical (unpaired) electrons. The molecule has 2 amide bonds. The molecule has 1 aromatic heterocycles. The van der Waals surface area contributed by atoms with Crippen molar-refractivity contribution < 1.29 is 19.4 Å². The number of aliphatic carboxylic acids is 1. The molecule has 2 aromatic carbocycles. The molecule has 1 saturated heterocycles. The van der Waals surface area contributed by atoms with E-state index < -0.39 is 11.4 Å². The van der Waals surface area contributed by atoms with E-state index in [0.29, 0.717) is 32.0 Å². The normalized spacial score (nSPS) is 16.1. The number of benzene rings is 2. The van der Waals surface area contributed by atoms with Crippen molar-refractivity contribution in [2.24, 2.45) is 11.3 Å². The fourth-order valence-corrected chi connectivity index (χ4v) is 6.04. The van der Waals surface area contributed by atoms with Crippen LogP contribution in [0, 0.1) is 11.3 Å². The molecular formula is C31H39N3O4S. The van der Waals surface area contributed by atoms with Crippen molar-refractivity contribution in [1.82, 2.24) is 9.88 Å². The smallest absolute Gasteiger partial charge is 0.321 e. The van der Waals surface area contributed by atoms with E-state index >= 15 is 0 Å². The Morgan fingerprint density at radius 2 is 1.87 bits per heavy atom. The molecular weight excluding hydrogens is 510 g/mol. The Morgan fingerprint density at radius 1 is 1.10 bits per heavy atom. The lowest BCUT2D eigenvalue weighted by Gasteiger charge is -2.23. The van der Waals surface area contributed by atoms with Crippen molar-refractivity contribution in [3.63, 3.8) is 0 Å². The van der Waals surface area contributed by atoms with Gasteiger partial charge in [0.05, 0.1) is 12.0 Å². The molecule has 0 spiro atoms. The number of hydrogen-bond donors (Lipinski definition) is 2. The van der Waals surface area contributed by atoms with Gasteiger partial charge < -0.3 is 19.7 Å². The third kappa shape index (κ3) is 6.38. The van der Waals surface area contributed by atoms with Crippen molar-refractivity contribution in [2.75, 3.05) is 24.6 Å². The molecule has 1 aliphatic heterocycles. The molecule has 5 rings (SSSR count). The molecule has 39 heavy (non-hydrogen) atoms. The zero-order valence-electron chi connectivity index (χ0n) is 23.5. The van der Waals surface area contributed by atoms with E-state index in [0.717, 1.165) is 34.7 Å². The fourth-order valence-electron chi connectivity index (χ4n) is 4.93. The number of ether oxygens (including phenoxy) is 1. The minimum Gasteiger partial charge on any atom is -0.493 e. The number of nitrogens with one attached hydrogen (secondary N) is 1. The molecule has 1 saturated carbocycles. The molecule has 1 aliphatic carbocycles. The molecule has 8 heteroatoms. The first kappa shape index (κ1) is 27.4. The molecule has 2 heterocycles. The van der Waals surface area contributed by atoms with Crippen molar-refractivity contribution in [3.05, 3.63) is 53.7 Å². The average Bonchev–Trinajstić information content (AvgIpc) is 3.50. The van der Waals surface area contributed by atoms with Gasteiger partial charge in [-0.15, -0.1) is 11.8 Å².